The molecule has 15 heavy (non-hydrogen) atoms. The largest absolute Gasteiger partial charge is 0.316 e. The third kappa shape index (κ3) is 2.22. The Bertz CT molecular complexity index is 437. The Kier molecular flexibility index (Phi) is 2.78. The second-order valence-corrected chi connectivity index (χ2v) is 3.30. The molecular weight excluding hydrogens is 193 g/mol. The summed E-state index contributed by atoms with van der Waals surface area (Å²) in [5.74, 6) is -0.242. The number of rotatable bonds is 3. The van der Waals surface area contributed by atoms with Gasteiger partial charge in [-0.25, -0.2) is 9.07 Å². The number of aromatic nitrogens is 2. The van der Waals surface area contributed by atoms with Gasteiger partial charge in [-0.15, -0.1) is 0 Å². The molecule has 0 amide bonds. The van der Waals surface area contributed by atoms with Crippen LogP contribution in [0.2, 0.25) is 0 Å². The summed E-state index contributed by atoms with van der Waals surface area (Å²) in [4.78, 5) is 0. The second kappa shape index (κ2) is 4.23. The smallest absolute Gasteiger partial charge is 0.125 e. The van der Waals surface area contributed by atoms with Gasteiger partial charge in [0.25, 0.3) is 0 Å². The molecular formula is C11H12FN3. The minimum absolute atomic E-state index is 0.242. The average Bonchev–Trinajstić information content (AvgIpc) is 2.70. The Balaban J connectivity index is 2.40. The Morgan fingerprint density at radius 1 is 1.40 bits per heavy atom. The molecule has 0 fully saturated rings. The van der Waals surface area contributed by atoms with Crippen LogP contribution in [-0.2, 0) is 6.54 Å². The van der Waals surface area contributed by atoms with Crippen molar-refractivity contribution in [1.29, 1.82) is 0 Å². The molecule has 0 spiro atoms. The van der Waals surface area contributed by atoms with Crippen LogP contribution in [0.5, 0.6) is 0 Å². The Morgan fingerprint density at radius 2 is 2.27 bits per heavy atom. The minimum Gasteiger partial charge on any atom is -0.316 e. The lowest BCUT2D eigenvalue weighted by Crippen LogP contribution is -2.06. The normalized spacial score (nSPS) is 10.5. The van der Waals surface area contributed by atoms with Gasteiger partial charge < -0.3 is 5.32 Å². The van der Waals surface area contributed by atoms with E-state index in [1.807, 2.05) is 19.2 Å². The fourth-order valence-corrected chi connectivity index (χ4v) is 1.49. The lowest BCUT2D eigenvalue weighted by atomic mass is 10.2. The first-order valence-electron chi connectivity index (χ1n) is 4.73. The third-order valence-electron chi connectivity index (χ3n) is 2.09. The van der Waals surface area contributed by atoms with Crippen LogP contribution >= 0.6 is 0 Å². The van der Waals surface area contributed by atoms with E-state index in [0.717, 1.165) is 11.3 Å². The summed E-state index contributed by atoms with van der Waals surface area (Å²) in [5, 5.41) is 7.05. The van der Waals surface area contributed by atoms with Crippen molar-refractivity contribution >= 4 is 0 Å². The number of benzene rings is 1. The minimum atomic E-state index is -0.242. The van der Waals surface area contributed by atoms with Crippen LogP contribution in [0, 0.1) is 5.82 Å². The van der Waals surface area contributed by atoms with Gasteiger partial charge >= 0.3 is 0 Å². The van der Waals surface area contributed by atoms with Crippen molar-refractivity contribution in [2.24, 2.45) is 0 Å². The zero-order valence-corrected chi connectivity index (χ0v) is 8.44. The molecule has 0 radical (unpaired) electrons. The summed E-state index contributed by atoms with van der Waals surface area (Å²) in [6.07, 6.45) is 3.46. The summed E-state index contributed by atoms with van der Waals surface area (Å²) < 4.78 is 14.9. The first kappa shape index (κ1) is 9.86. The van der Waals surface area contributed by atoms with Crippen LogP contribution in [0.3, 0.4) is 0 Å². The molecule has 3 nitrogen and oxygen atoms in total. The fraction of sp³-hybridized carbons (Fsp3) is 0.182. The van der Waals surface area contributed by atoms with E-state index in [-0.39, 0.29) is 5.82 Å². The highest BCUT2D eigenvalue weighted by Gasteiger charge is 2.02. The van der Waals surface area contributed by atoms with Gasteiger partial charge in [-0.3, -0.25) is 0 Å². The predicted octanol–water partition coefficient (Wildman–Crippen LogP) is 1.73. The van der Waals surface area contributed by atoms with Gasteiger partial charge in [0.05, 0.1) is 5.69 Å². The van der Waals surface area contributed by atoms with Crippen molar-refractivity contribution in [3.8, 4) is 5.69 Å². The molecule has 1 aromatic heterocycles. The topological polar surface area (TPSA) is 29.9 Å². The number of hydrogen-bond donors (Lipinski definition) is 1. The van der Waals surface area contributed by atoms with Gasteiger partial charge in [0.15, 0.2) is 0 Å². The zero-order valence-electron chi connectivity index (χ0n) is 8.44. The number of halogens is 1. The summed E-state index contributed by atoms with van der Waals surface area (Å²) in [7, 11) is 1.83. The summed E-state index contributed by atoms with van der Waals surface area (Å²) in [6.45, 7) is 0.645. The lowest BCUT2D eigenvalue weighted by Gasteiger charge is -2.05. The molecule has 2 rings (SSSR count). The Labute approximate surface area is 87.5 Å². The average molecular weight is 205 g/mol. The van der Waals surface area contributed by atoms with E-state index < -0.39 is 0 Å². The maximum Gasteiger partial charge on any atom is 0.125 e. The molecule has 78 valence electrons. The van der Waals surface area contributed by atoms with Gasteiger partial charge in [-0.1, -0.05) is 0 Å². The number of nitrogens with zero attached hydrogens (tertiary/aromatic N) is 2. The van der Waals surface area contributed by atoms with Gasteiger partial charge in [0.1, 0.15) is 5.82 Å². The standard InChI is InChI=1S/C11H12FN3/c1-13-8-9-5-10(12)7-11(6-9)15-4-2-3-14-15/h2-7,13H,8H2,1H3. The van der Waals surface area contributed by atoms with Gasteiger partial charge in [-0.05, 0) is 36.9 Å². The van der Waals surface area contributed by atoms with Crippen molar-refractivity contribution in [3.05, 3.63) is 48.0 Å². The van der Waals surface area contributed by atoms with E-state index in [4.69, 9.17) is 0 Å². The molecule has 1 aromatic carbocycles. The van der Waals surface area contributed by atoms with Crippen LogP contribution in [-0.4, -0.2) is 16.8 Å². The van der Waals surface area contributed by atoms with Crippen molar-refractivity contribution in [3.63, 3.8) is 0 Å². The zero-order chi connectivity index (χ0) is 10.7. The van der Waals surface area contributed by atoms with E-state index >= 15 is 0 Å². The number of hydrogen-bond acceptors (Lipinski definition) is 2. The van der Waals surface area contributed by atoms with Crippen molar-refractivity contribution in [1.82, 2.24) is 15.1 Å². The maximum absolute atomic E-state index is 13.3. The van der Waals surface area contributed by atoms with E-state index in [9.17, 15) is 4.39 Å². The van der Waals surface area contributed by atoms with E-state index in [1.165, 1.54) is 12.1 Å². The van der Waals surface area contributed by atoms with E-state index in [0.29, 0.717) is 6.54 Å². The van der Waals surface area contributed by atoms with Crippen molar-refractivity contribution < 1.29 is 4.39 Å². The SMILES string of the molecule is CNCc1cc(F)cc(-n2cccn2)c1. The van der Waals surface area contributed by atoms with E-state index in [1.54, 1.807) is 17.1 Å². The van der Waals surface area contributed by atoms with Crippen LogP contribution in [0.1, 0.15) is 5.56 Å². The highest BCUT2D eigenvalue weighted by Crippen LogP contribution is 2.12. The summed E-state index contributed by atoms with van der Waals surface area (Å²) >= 11 is 0. The molecule has 0 aliphatic carbocycles. The highest BCUT2D eigenvalue weighted by atomic mass is 19.1. The molecule has 1 N–H and O–H groups in total. The van der Waals surface area contributed by atoms with Crippen molar-refractivity contribution in [2.75, 3.05) is 7.05 Å². The summed E-state index contributed by atoms with van der Waals surface area (Å²) in [6, 6.07) is 6.70. The molecule has 1 heterocycles. The molecule has 0 saturated carbocycles. The van der Waals surface area contributed by atoms with Crippen molar-refractivity contribution in [2.45, 2.75) is 6.54 Å². The Morgan fingerprint density at radius 3 is 2.93 bits per heavy atom. The predicted molar refractivity (Wildman–Crippen MR) is 56.3 cm³/mol. The summed E-state index contributed by atoms with van der Waals surface area (Å²) in [5.41, 5.74) is 1.65. The Hall–Kier alpha value is -1.68. The molecule has 0 atom stereocenters. The highest BCUT2D eigenvalue weighted by molar-refractivity contribution is 5.35. The van der Waals surface area contributed by atoms with Crippen LogP contribution in [0.4, 0.5) is 4.39 Å². The van der Waals surface area contributed by atoms with Crippen LogP contribution in [0.25, 0.3) is 5.69 Å². The molecule has 4 heteroatoms. The molecule has 0 bridgehead atoms. The second-order valence-electron chi connectivity index (χ2n) is 3.30. The molecule has 0 unspecified atom stereocenters. The van der Waals surface area contributed by atoms with Gasteiger partial charge in [0, 0.05) is 18.9 Å². The molecule has 0 aliphatic heterocycles. The van der Waals surface area contributed by atoms with Crippen LogP contribution in [0.15, 0.2) is 36.7 Å². The molecule has 2 aromatic rings. The third-order valence-corrected chi connectivity index (χ3v) is 2.09. The first-order chi connectivity index (χ1) is 7.29. The quantitative estimate of drug-likeness (QED) is 0.827. The lowest BCUT2D eigenvalue weighted by molar-refractivity contribution is 0.621. The monoisotopic (exact) mass is 205 g/mol. The first-order valence-corrected chi connectivity index (χ1v) is 4.73. The van der Waals surface area contributed by atoms with Gasteiger partial charge in [0.2, 0.25) is 0 Å². The number of nitrogens with one attached hydrogen (secondary N) is 1. The van der Waals surface area contributed by atoms with Gasteiger partial charge in [-0.2, -0.15) is 5.10 Å². The molecule has 0 saturated heterocycles. The van der Waals surface area contributed by atoms with Crippen LogP contribution < -0.4 is 5.32 Å². The fourth-order valence-electron chi connectivity index (χ4n) is 1.49. The molecule has 0 aliphatic rings. The van der Waals surface area contributed by atoms with E-state index in [2.05, 4.69) is 10.4 Å². The maximum atomic E-state index is 13.3.